The average Bonchev–Trinajstić information content (AvgIpc) is 2.38. The predicted octanol–water partition coefficient (Wildman–Crippen LogP) is 3.20. The summed E-state index contributed by atoms with van der Waals surface area (Å²) in [7, 11) is 0. The van der Waals surface area contributed by atoms with E-state index in [9.17, 15) is 4.79 Å². The van der Waals surface area contributed by atoms with Crippen molar-refractivity contribution in [1.29, 1.82) is 0 Å². The van der Waals surface area contributed by atoms with Crippen molar-refractivity contribution in [2.75, 3.05) is 18.8 Å². The van der Waals surface area contributed by atoms with E-state index in [4.69, 9.17) is 5.73 Å². The third-order valence-electron chi connectivity index (χ3n) is 3.32. The number of amides is 1. The minimum absolute atomic E-state index is 0.0196. The molecule has 112 valence electrons. The Morgan fingerprint density at radius 1 is 1.20 bits per heavy atom. The van der Waals surface area contributed by atoms with Gasteiger partial charge in [0.05, 0.1) is 17.4 Å². The van der Waals surface area contributed by atoms with E-state index in [1.54, 1.807) is 12.3 Å². The van der Waals surface area contributed by atoms with Crippen LogP contribution in [0, 0.1) is 11.8 Å². The maximum Gasteiger partial charge on any atom is 0.256 e. The van der Waals surface area contributed by atoms with Crippen molar-refractivity contribution in [2.24, 2.45) is 11.8 Å². The molecule has 20 heavy (non-hydrogen) atoms. The molecule has 1 heterocycles. The van der Waals surface area contributed by atoms with Crippen molar-refractivity contribution < 1.29 is 4.79 Å². The molecule has 0 aliphatic rings. The van der Waals surface area contributed by atoms with Crippen LogP contribution in [-0.4, -0.2) is 28.9 Å². The fourth-order valence-corrected chi connectivity index (χ4v) is 1.91. The van der Waals surface area contributed by atoms with E-state index in [1.165, 1.54) is 6.20 Å². The first-order valence-electron chi connectivity index (χ1n) is 7.40. The zero-order valence-electron chi connectivity index (χ0n) is 13.1. The van der Waals surface area contributed by atoms with Gasteiger partial charge in [-0.25, -0.2) is 0 Å². The van der Waals surface area contributed by atoms with E-state index in [1.807, 2.05) is 4.90 Å². The van der Waals surface area contributed by atoms with Crippen LogP contribution in [-0.2, 0) is 0 Å². The Balaban J connectivity index is 2.80. The highest BCUT2D eigenvalue weighted by Gasteiger charge is 2.18. The van der Waals surface area contributed by atoms with E-state index < -0.39 is 0 Å². The molecule has 0 atom stereocenters. The standard InChI is InChI=1S/C16H27N3O/c1-12(2)6-9-19(10-7-13(3)4)16(20)14-5-8-18-11-15(14)17/h5,8,11-13H,6-7,9-10,17H2,1-4H3. The number of anilines is 1. The molecule has 0 fully saturated rings. The van der Waals surface area contributed by atoms with Gasteiger partial charge in [-0.15, -0.1) is 0 Å². The second-order valence-electron chi connectivity index (χ2n) is 6.12. The average molecular weight is 277 g/mol. The summed E-state index contributed by atoms with van der Waals surface area (Å²) in [5.41, 5.74) is 6.88. The van der Waals surface area contributed by atoms with Crippen LogP contribution in [0.15, 0.2) is 18.5 Å². The van der Waals surface area contributed by atoms with Crippen LogP contribution in [0.2, 0.25) is 0 Å². The Bertz CT molecular complexity index is 417. The minimum atomic E-state index is 0.0196. The molecule has 1 amide bonds. The summed E-state index contributed by atoms with van der Waals surface area (Å²) in [6.45, 7) is 10.3. The molecule has 0 radical (unpaired) electrons. The first kappa shape index (κ1) is 16.5. The van der Waals surface area contributed by atoms with Crippen molar-refractivity contribution in [3.8, 4) is 0 Å². The highest BCUT2D eigenvalue weighted by Crippen LogP contribution is 2.15. The molecule has 1 aromatic heterocycles. The largest absolute Gasteiger partial charge is 0.397 e. The van der Waals surface area contributed by atoms with E-state index in [2.05, 4.69) is 32.7 Å². The van der Waals surface area contributed by atoms with Gasteiger partial charge in [0, 0.05) is 19.3 Å². The Hall–Kier alpha value is -1.58. The van der Waals surface area contributed by atoms with Gasteiger partial charge in [-0.05, 0) is 30.7 Å². The molecule has 0 aromatic carbocycles. The van der Waals surface area contributed by atoms with Crippen LogP contribution in [0.1, 0.15) is 50.9 Å². The summed E-state index contributed by atoms with van der Waals surface area (Å²) in [5.74, 6) is 1.18. The van der Waals surface area contributed by atoms with Gasteiger partial charge in [-0.1, -0.05) is 27.7 Å². The summed E-state index contributed by atoms with van der Waals surface area (Å²) in [4.78, 5) is 18.5. The van der Waals surface area contributed by atoms with E-state index in [0.717, 1.165) is 25.9 Å². The van der Waals surface area contributed by atoms with E-state index in [-0.39, 0.29) is 5.91 Å². The number of rotatable bonds is 7. The molecule has 4 nitrogen and oxygen atoms in total. The van der Waals surface area contributed by atoms with Crippen molar-refractivity contribution in [1.82, 2.24) is 9.88 Å². The van der Waals surface area contributed by atoms with Crippen molar-refractivity contribution in [3.63, 3.8) is 0 Å². The van der Waals surface area contributed by atoms with Crippen LogP contribution in [0.4, 0.5) is 5.69 Å². The van der Waals surface area contributed by atoms with Gasteiger partial charge >= 0.3 is 0 Å². The van der Waals surface area contributed by atoms with E-state index >= 15 is 0 Å². The summed E-state index contributed by atoms with van der Waals surface area (Å²) < 4.78 is 0. The van der Waals surface area contributed by atoms with Crippen LogP contribution in [0.3, 0.4) is 0 Å². The third kappa shape index (κ3) is 5.19. The van der Waals surface area contributed by atoms with Crippen LogP contribution < -0.4 is 5.73 Å². The lowest BCUT2D eigenvalue weighted by Gasteiger charge is -2.25. The molecule has 0 aliphatic carbocycles. The number of pyridine rings is 1. The SMILES string of the molecule is CC(C)CCN(CCC(C)C)C(=O)c1ccncc1N. The summed E-state index contributed by atoms with van der Waals surface area (Å²) in [5, 5.41) is 0. The second kappa shape index (κ2) is 7.88. The lowest BCUT2D eigenvalue weighted by molar-refractivity contribution is 0.0742. The van der Waals surface area contributed by atoms with Crippen molar-refractivity contribution in [3.05, 3.63) is 24.0 Å². The van der Waals surface area contributed by atoms with Crippen LogP contribution in [0.5, 0.6) is 0 Å². The van der Waals surface area contributed by atoms with Crippen LogP contribution >= 0.6 is 0 Å². The molecule has 0 saturated heterocycles. The molecule has 2 N–H and O–H groups in total. The monoisotopic (exact) mass is 277 g/mol. The number of hydrogen-bond acceptors (Lipinski definition) is 3. The molecule has 0 unspecified atom stereocenters. The molecule has 0 bridgehead atoms. The number of carbonyl (C=O) groups is 1. The lowest BCUT2D eigenvalue weighted by Crippen LogP contribution is -2.34. The summed E-state index contributed by atoms with van der Waals surface area (Å²) in [6, 6.07) is 1.70. The smallest absolute Gasteiger partial charge is 0.256 e. The highest BCUT2D eigenvalue weighted by atomic mass is 16.2. The number of hydrogen-bond donors (Lipinski definition) is 1. The fourth-order valence-electron chi connectivity index (χ4n) is 1.91. The first-order chi connectivity index (χ1) is 9.41. The molecule has 0 saturated carbocycles. The lowest BCUT2D eigenvalue weighted by atomic mass is 10.1. The van der Waals surface area contributed by atoms with Gasteiger partial charge in [0.2, 0.25) is 0 Å². The van der Waals surface area contributed by atoms with Gasteiger partial charge in [-0.3, -0.25) is 9.78 Å². The molecule has 4 heteroatoms. The fraction of sp³-hybridized carbons (Fsp3) is 0.625. The molecule has 0 spiro atoms. The maximum absolute atomic E-state index is 12.6. The van der Waals surface area contributed by atoms with Gasteiger partial charge in [0.1, 0.15) is 0 Å². The maximum atomic E-state index is 12.6. The van der Waals surface area contributed by atoms with Crippen molar-refractivity contribution >= 4 is 11.6 Å². The highest BCUT2D eigenvalue weighted by molar-refractivity contribution is 5.98. The number of nitrogens with zero attached hydrogens (tertiary/aromatic N) is 2. The third-order valence-corrected chi connectivity index (χ3v) is 3.32. The molecule has 1 rings (SSSR count). The zero-order valence-corrected chi connectivity index (χ0v) is 13.1. The number of aromatic nitrogens is 1. The molecule has 1 aromatic rings. The Morgan fingerprint density at radius 2 is 1.75 bits per heavy atom. The number of carbonyl (C=O) groups excluding carboxylic acids is 1. The number of nitrogen functional groups attached to an aromatic ring is 1. The summed E-state index contributed by atoms with van der Waals surface area (Å²) >= 11 is 0. The van der Waals surface area contributed by atoms with E-state index in [0.29, 0.717) is 23.1 Å². The second-order valence-corrected chi connectivity index (χ2v) is 6.12. The van der Waals surface area contributed by atoms with Gasteiger partial charge in [-0.2, -0.15) is 0 Å². The molecular formula is C16H27N3O. The minimum Gasteiger partial charge on any atom is -0.397 e. The molecular weight excluding hydrogens is 250 g/mol. The Kier molecular flexibility index (Phi) is 6.49. The van der Waals surface area contributed by atoms with Gasteiger partial charge in [0.25, 0.3) is 5.91 Å². The zero-order chi connectivity index (χ0) is 15.1. The van der Waals surface area contributed by atoms with Crippen molar-refractivity contribution in [2.45, 2.75) is 40.5 Å². The Morgan fingerprint density at radius 3 is 2.20 bits per heavy atom. The quantitative estimate of drug-likeness (QED) is 0.832. The first-order valence-corrected chi connectivity index (χ1v) is 7.40. The van der Waals surface area contributed by atoms with Gasteiger partial charge < -0.3 is 10.6 Å². The number of nitrogens with two attached hydrogens (primary N) is 1. The summed E-state index contributed by atoms with van der Waals surface area (Å²) in [6.07, 6.45) is 5.17. The topological polar surface area (TPSA) is 59.2 Å². The molecule has 0 aliphatic heterocycles. The van der Waals surface area contributed by atoms with Crippen LogP contribution in [0.25, 0.3) is 0 Å². The Labute approximate surface area is 122 Å². The normalized spacial score (nSPS) is 11.1. The predicted molar refractivity (Wildman–Crippen MR) is 83.5 cm³/mol. The van der Waals surface area contributed by atoms with Gasteiger partial charge in [0.15, 0.2) is 0 Å².